The van der Waals surface area contributed by atoms with E-state index in [1.165, 1.54) is 0 Å². The lowest BCUT2D eigenvalue weighted by atomic mass is 9.88. The van der Waals surface area contributed by atoms with Crippen LogP contribution in [0.25, 0.3) is 6.08 Å². The van der Waals surface area contributed by atoms with Gasteiger partial charge in [-0.1, -0.05) is 0 Å². The van der Waals surface area contributed by atoms with Crippen molar-refractivity contribution in [1.29, 1.82) is 0 Å². The highest BCUT2D eigenvalue weighted by Gasteiger charge is 2.29. The summed E-state index contributed by atoms with van der Waals surface area (Å²) in [5.74, 6) is -0.231. The molecule has 5 nitrogen and oxygen atoms in total. The van der Waals surface area contributed by atoms with Crippen molar-refractivity contribution in [2.75, 3.05) is 5.73 Å². The van der Waals surface area contributed by atoms with Gasteiger partial charge in [0.15, 0.2) is 0 Å². The summed E-state index contributed by atoms with van der Waals surface area (Å²) in [6.45, 7) is 5.18. The molecule has 0 aliphatic rings. The zero-order valence-electron chi connectivity index (χ0n) is 11.3. The topological polar surface area (TPSA) is 94.3 Å². The number of carbonyl (C=O) groups is 1. The van der Waals surface area contributed by atoms with Crippen LogP contribution in [-0.2, 0) is 18.3 Å². The first-order chi connectivity index (χ1) is 8.15. The quantitative estimate of drug-likeness (QED) is 0.757. The average molecular weight is 251 g/mol. The molecule has 0 bridgehead atoms. The first kappa shape index (κ1) is 14.2. The van der Waals surface area contributed by atoms with Gasteiger partial charge in [-0.15, -0.1) is 0 Å². The number of nitrogens with zero attached hydrogens (tertiary/aromatic N) is 1. The van der Waals surface area contributed by atoms with Crippen molar-refractivity contribution < 1.29 is 9.90 Å². The van der Waals surface area contributed by atoms with Gasteiger partial charge in [-0.3, -0.25) is 4.79 Å². The van der Waals surface area contributed by atoms with Crippen molar-refractivity contribution >= 4 is 17.9 Å². The van der Waals surface area contributed by atoms with E-state index in [1.807, 2.05) is 13.1 Å². The number of rotatable bonds is 4. The number of hydrogen-bond donors (Lipinski definition) is 3. The summed E-state index contributed by atoms with van der Waals surface area (Å²) in [6, 6.07) is 1.89. The van der Waals surface area contributed by atoms with Gasteiger partial charge in [0.1, 0.15) is 5.82 Å². The molecule has 0 aromatic carbocycles. The molecule has 0 aliphatic carbocycles. The van der Waals surface area contributed by atoms with Crippen LogP contribution < -0.4 is 11.5 Å². The number of allylic oxidation sites excluding steroid dienone is 1. The summed E-state index contributed by atoms with van der Waals surface area (Å²) in [6.07, 6.45) is 2.20. The fraction of sp³-hybridized carbons (Fsp3) is 0.462. The molecule has 0 radical (unpaired) electrons. The van der Waals surface area contributed by atoms with E-state index in [2.05, 4.69) is 0 Å². The maximum Gasteiger partial charge on any atom is 0.309 e. The van der Waals surface area contributed by atoms with E-state index in [0.717, 1.165) is 11.3 Å². The maximum atomic E-state index is 11.1. The Kier molecular flexibility index (Phi) is 3.74. The maximum absolute atomic E-state index is 11.1. The van der Waals surface area contributed by atoms with Gasteiger partial charge in [0.2, 0.25) is 0 Å². The van der Waals surface area contributed by atoms with Crippen LogP contribution in [0.3, 0.4) is 0 Å². The minimum atomic E-state index is -0.825. The molecule has 0 saturated heterocycles. The monoisotopic (exact) mass is 251 g/mol. The third-order valence-corrected chi connectivity index (χ3v) is 3.00. The number of aromatic nitrogens is 1. The number of carboxylic acid groups (broad SMARTS) is 1. The van der Waals surface area contributed by atoms with Crippen LogP contribution in [0.1, 0.15) is 32.0 Å². The molecule has 1 aromatic heterocycles. The number of hydrogen-bond acceptors (Lipinski definition) is 3. The molecule has 18 heavy (non-hydrogen) atoms. The van der Waals surface area contributed by atoms with Crippen molar-refractivity contribution in [3.05, 3.63) is 23.0 Å². The molecule has 1 aromatic rings. The van der Waals surface area contributed by atoms with Crippen molar-refractivity contribution in [3.63, 3.8) is 0 Å². The fourth-order valence-electron chi connectivity index (χ4n) is 1.76. The Morgan fingerprint density at radius 1 is 1.56 bits per heavy atom. The van der Waals surface area contributed by atoms with Crippen LogP contribution in [0.4, 0.5) is 5.82 Å². The summed E-state index contributed by atoms with van der Waals surface area (Å²) >= 11 is 0. The average Bonchev–Trinajstić information content (AvgIpc) is 2.45. The number of anilines is 1. The molecule has 0 amide bonds. The highest BCUT2D eigenvalue weighted by atomic mass is 16.4. The van der Waals surface area contributed by atoms with Crippen LogP contribution in [0.5, 0.6) is 0 Å². The third-order valence-electron chi connectivity index (χ3n) is 3.00. The molecule has 1 rings (SSSR count). The zero-order chi connectivity index (χ0) is 14.1. The van der Waals surface area contributed by atoms with E-state index in [0.29, 0.717) is 17.9 Å². The van der Waals surface area contributed by atoms with Gasteiger partial charge >= 0.3 is 5.97 Å². The number of nitrogens with two attached hydrogens (primary N) is 2. The molecule has 100 valence electrons. The van der Waals surface area contributed by atoms with Gasteiger partial charge in [0.05, 0.1) is 5.41 Å². The molecule has 5 heteroatoms. The second-order valence-corrected chi connectivity index (χ2v) is 5.29. The Labute approximate surface area is 107 Å². The molecular weight excluding hydrogens is 230 g/mol. The largest absolute Gasteiger partial charge is 0.481 e. The minimum absolute atomic E-state index is 0.417. The number of nitrogen functional groups attached to an aromatic ring is 1. The Morgan fingerprint density at radius 3 is 2.56 bits per heavy atom. The Bertz CT molecular complexity index is 495. The molecule has 1 heterocycles. The minimum Gasteiger partial charge on any atom is -0.481 e. The summed E-state index contributed by atoms with van der Waals surface area (Å²) in [5, 5.41) is 9.14. The van der Waals surface area contributed by atoms with Crippen LogP contribution in [0.2, 0.25) is 0 Å². The van der Waals surface area contributed by atoms with Crippen LogP contribution in [0.15, 0.2) is 11.8 Å². The lowest BCUT2D eigenvalue weighted by Crippen LogP contribution is -2.27. The van der Waals surface area contributed by atoms with Gasteiger partial charge in [-0.25, -0.2) is 0 Å². The summed E-state index contributed by atoms with van der Waals surface area (Å²) < 4.78 is 1.81. The highest BCUT2D eigenvalue weighted by molar-refractivity contribution is 5.74. The smallest absolute Gasteiger partial charge is 0.309 e. The first-order valence-corrected chi connectivity index (χ1v) is 5.76. The van der Waals surface area contributed by atoms with Crippen molar-refractivity contribution in [2.24, 2.45) is 18.2 Å². The molecule has 5 N–H and O–H groups in total. The van der Waals surface area contributed by atoms with E-state index in [1.54, 1.807) is 31.4 Å². The van der Waals surface area contributed by atoms with Crippen molar-refractivity contribution in [1.82, 2.24) is 4.57 Å². The van der Waals surface area contributed by atoms with Gasteiger partial charge in [0, 0.05) is 30.4 Å². The van der Waals surface area contributed by atoms with Crippen molar-refractivity contribution in [3.8, 4) is 0 Å². The lowest BCUT2D eigenvalue weighted by molar-refractivity contribution is -0.146. The second kappa shape index (κ2) is 4.76. The van der Waals surface area contributed by atoms with E-state index >= 15 is 0 Å². The molecule has 0 fully saturated rings. The molecule has 0 atom stereocenters. The zero-order valence-corrected chi connectivity index (χ0v) is 11.3. The van der Waals surface area contributed by atoms with Crippen LogP contribution in [0, 0.1) is 5.41 Å². The Balaban J connectivity index is 3.13. The normalized spacial score (nSPS) is 12.8. The third kappa shape index (κ3) is 2.85. The first-order valence-electron chi connectivity index (χ1n) is 5.76. The van der Waals surface area contributed by atoms with Crippen LogP contribution >= 0.6 is 0 Å². The molecule has 0 unspecified atom stereocenters. The molecular formula is C13H21N3O2. The standard InChI is InChI=1S/C13H21N3O2/c1-8(14)5-9-6-10(16(4)11(9)15)7-13(2,3)12(17)18/h5-6H,7,14-15H2,1-4H3,(H,17,18)/b8-5-. The molecule has 0 spiro atoms. The number of aliphatic carboxylic acids is 1. The predicted octanol–water partition coefficient (Wildman–Crippen LogP) is 1.58. The van der Waals surface area contributed by atoms with Gasteiger partial charge < -0.3 is 21.1 Å². The van der Waals surface area contributed by atoms with E-state index in [-0.39, 0.29) is 0 Å². The fourth-order valence-corrected chi connectivity index (χ4v) is 1.76. The summed E-state index contributed by atoms with van der Waals surface area (Å²) in [4.78, 5) is 11.1. The summed E-state index contributed by atoms with van der Waals surface area (Å²) in [5.41, 5.74) is 13.1. The lowest BCUT2D eigenvalue weighted by Gasteiger charge is -2.19. The van der Waals surface area contributed by atoms with Crippen LogP contribution in [-0.4, -0.2) is 15.6 Å². The second-order valence-electron chi connectivity index (χ2n) is 5.29. The van der Waals surface area contributed by atoms with Gasteiger partial charge in [0.25, 0.3) is 0 Å². The molecule has 0 aliphatic heterocycles. The Hall–Kier alpha value is -1.91. The number of carboxylic acids is 1. The predicted molar refractivity (Wildman–Crippen MR) is 72.8 cm³/mol. The van der Waals surface area contributed by atoms with E-state index in [9.17, 15) is 4.79 Å². The van der Waals surface area contributed by atoms with E-state index < -0.39 is 11.4 Å². The Morgan fingerprint density at radius 2 is 2.11 bits per heavy atom. The van der Waals surface area contributed by atoms with E-state index in [4.69, 9.17) is 16.6 Å². The molecule has 0 saturated carbocycles. The van der Waals surface area contributed by atoms with Gasteiger partial charge in [-0.05, 0) is 32.9 Å². The van der Waals surface area contributed by atoms with Crippen molar-refractivity contribution in [2.45, 2.75) is 27.2 Å². The van der Waals surface area contributed by atoms with Gasteiger partial charge in [-0.2, -0.15) is 0 Å². The SMILES string of the molecule is C/C(N)=C/c1cc(CC(C)(C)C(=O)O)n(C)c1N. The summed E-state index contributed by atoms with van der Waals surface area (Å²) in [7, 11) is 1.83. The highest BCUT2D eigenvalue weighted by Crippen LogP contribution is 2.27.